The Morgan fingerprint density at radius 2 is 2.07 bits per heavy atom. The Hall–Kier alpha value is -2.00. The van der Waals surface area contributed by atoms with E-state index >= 15 is 0 Å². The summed E-state index contributed by atoms with van der Waals surface area (Å²) >= 11 is 0. The maximum Gasteiger partial charge on any atom is 0.336 e. The zero-order valence-corrected chi connectivity index (χ0v) is 7.94. The molecule has 0 amide bonds. The molecule has 15 heavy (non-hydrogen) atoms. The van der Waals surface area contributed by atoms with Crippen molar-refractivity contribution in [1.29, 1.82) is 0 Å². The van der Waals surface area contributed by atoms with E-state index in [4.69, 9.17) is 0 Å². The molecule has 0 aliphatic heterocycles. The highest BCUT2D eigenvalue weighted by molar-refractivity contribution is 5.78. The highest BCUT2D eigenvalue weighted by atomic mass is 19.1. The van der Waals surface area contributed by atoms with Crippen molar-refractivity contribution in [2.24, 2.45) is 4.99 Å². The molecule has 5 heteroatoms. The van der Waals surface area contributed by atoms with Crippen molar-refractivity contribution < 1.29 is 18.7 Å². The van der Waals surface area contributed by atoms with Crippen LogP contribution in [0.2, 0.25) is 0 Å². The number of ether oxygens (including phenoxy) is 1. The summed E-state index contributed by atoms with van der Waals surface area (Å²) in [5.74, 6) is -1.12. The van der Waals surface area contributed by atoms with Gasteiger partial charge in [-0.05, 0) is 17.7 Å². The summed E-state index contributed by atoms with van der Waals surface area (Å²) in [6, 6.07) is 3.99. The van der Waals surface area contributed by atoms with Crippen molar-refractivity contribution in [1.82, 2.24) is 0 Å². The molecule has 0 bridgehead atoms. The van der Waals surface area contributed by atoms with Crippen LogP contribution in [-0.2, 0) is 14.3 Å². The third-order valence-electron chi connectivity index (χ3n) is 1.79. The number of carbonyl (C=O) groups is 1. The number of aliphatic imine (C=N–C) groups is 1. The number of hydrogen-bond donors (Lipinski definition) is 0. The first-order valence-corrected chi connectivity index (χ1v) is 4.09. The number of isocyanates is 1. The Morgan fingerprint density at radius 3 is 2.53 bits per heavy atom. The normalized spacial score (nSPS) is 11.3. The molecule has 0 unspecified atom stereocenters. The van der Waals surface area contributed by atoms with Crippen molar-refractivity contribution in [3.05, 3.63) is 35.6 Å². The van der Waals surface area contributed by atoms with Crippen molar-refractivity contribution in [3.63, 3.8) is 0 Å². The molecule has 0 fully saturated rings. The number of esters is 1. The lowest BCUT2D eigenvalue weighted by Gasteiger charge is -2.07. The third-order valence-corrected chi connectivity index (χ3v) is 1.79. The topological polar surface area (TPSA) is 55.7 Å². The van der Waals surface area contributed by atoms with Crippen LogP contribution in [0.3, 0.4) is 0 Å². The molecule has 0 aliphatic carbocycles. The molecular formula is C10H8FNO3. The minimum absolute atomic E-state index is 0.381. The summed E-state index contributed by atoms with van der Waals surface area (Å²) in [5.41, 5.74) is 0.381. The van der Waals surface area contributed by atoms with Gasteiger partial charge < -0.3 is 4.74 Å². The number of halogens is 1. The van der Waals surface area contributed by atoms with Gasteiger partial charge in [0.1, 0.15) is 5.82 Å². The summed E-state index contributed by atoms with van der Waals surface area (Å²) in [6.07, 6.45) is 1.28. The maximum atomic E-state index is 12.6. The van der Waals surface area contributed by atoms with Crippen LogP contribution >= 0.6 is 0 Å². The number of hydrogen-bond acceptors (Lipinski definition) is 4. The molecule has 0 saturated heterocycles. The van der Waals surface area contributed by atoms with Gasteiger partial charge in [0.05, 0.1) is 7.11 Å². The summed E-state index contributed by atoms with van der Waals surface area (Å²) < 4.78 is 17.0. The minimum atomic E-state index is -1.08. The van der Waals surface area contributed by atoms with Gasteiger partial charge in [0.25, 0.3) is 0 Å². The molecule has 0 aliphatic rings. The van der Waals surface area contributed by atoms with Gasteiger partial charge in [0.2, 0.25) is 6.08 Å². The molecule has 0 N–H and O–H groups in total. The zero-order valence-electron chi connectivity index (χ0n) is 7.94. The van der Waals surface area contributed by atoms with Gasteiger partial charge in [-0.15, -0.1) is 0 Å². The molecule has 1 atom stereocenters. The van der Waals surface area contributed by atoms with Gasteiger partial charge in [0.15, 0.2) is 6.04 Å². The number of carbonyl (C=O) groups excluding carboxylic acids is 2. The lowest BCUT2D eigenvalue weighted by atomic mass is 10.1. The molecule has 78 valence electrons. The van der Waals surface area contributed by atoms with Gasteiger partial charge in [0, 0.05) is 0 Å². The predicted molar refractivity (Wildman–Crippen MR) is 49.3 cm³/mol. The van der Waals surface area contributed by atoms with E-state index in [1.807, 2.05) is 0 Å². The fraction of sp³-hybridized carbons (Fsp3) is 0.200. The molecule has 1 aromatic carbocycles. The summed E-state index contributed by atoms with van der Waals surface area (Å²) in [6.45, 7) is 0. The van der Waals surface area contributed by atoms with E-state index in [9.17, 15) is 14.0 Å². The molecule has 4 nitrogen and oxygen atoms in total. The molecule has 1 rings (SSSR count). The Balaban J connectivity index is 3.04. The number of rotatable bonds is 3. The second kappa shape index (κ2) is 5.02. The van der Waals surface area contributed by atoms with Gasteiger partial charge in [-0.1, -0.05) is 12.1 Å². The van der Waals surface area contributed by atoms with E-state index in [0.29, 0.717) is 5.56 Å². The Kier molecular flexibility index (Phi) is 3.71. The van der Waals surface area contributed by atoms with Crippen LogP contribution in [0.1, 0.15) is 11.6 Å². The Bertz CT molecular complexity index is 396. The number of nitrogens with zero attached hydrogens (tertiary/aromatic N) is 1. The maximum absolute atomic E-state index is 12.6. The van der Waals surface area contributed by atoms with Crippen molar-refractivity contribution in [3.8, 4) is 0 Å². The molecule has 0 heterocycles. The van der Waals surface area contributed by atoms with Crippen molar-refractivity contribution in [2.75, 3.05) is 7.11 Å². The van der Waals surface area contributed by atoms with Gasteiger partial charge >= 0.3 is 5.97 Å². The largest absolute Gasteiger partial charge is 0.467 e. The van der Waals surface area contributed by atoms with Gasteiger partial charge in [-0.2, -0.15) is 4.99 Å². The summed E-state index contributed by atoms with van der Waals surface area (Å²) in [4.78, 5) is 24.6. The predicted octanol–water partition coefficient (Wildman–Crippen LogP) is 1.38. The molecule has 0 spiro atoms. The highest BCUT2D eigenvalue weighted by Gasteiger charge is 2.20. The fourth-order valence-corrected chi connectivity index (χ4v) is 1.07. The summed E-state index contributed by atoms with van der Waals surface area (Å²) in [7, 11) is 1.18. The van der Waals surface area contributed by atoms with E-state index in [1.54, 1.807) is 0 Å². The number of methoxy groups -OCH3 is 1. The first-order valence-electron chi connectivity index (χ1n) is 4.09. The van der Waals surface area contributed by atoms with E-state index < -0.39 is 17.8 Å². The molecule has 0 radical (unpaired) electrons. The minimum Gasteiger partial charge on any atom is -0.467 e. The Morgan fingerprint density at radius 1 is 1.47 bits per heavy atom. The fourth-order valence-electron chi connectivity index (χ4n) is 1.07. The van der Waals surface area contributed by atoms with E-state index in [0.717, 1.165) is 0 Å². The SMILES string of the molecule is COC(=O)[C@@H](N=C=O)c1ccc(F)cc1. The summed E-state index contributed by atoms with van der Waals surface area (Å²) in [5, 5.41) is 0. The smallest absolute Gasteiger partial charge is 0.336 e. The number of benzene rings is 1. The standard InChI is InChI=1S/C10H8FNO3/c1-15-10(14)9(12-6-13)7-2-4-8(11)5-3-7/h2-5,9H,1H3/t9-/m0/s1. The monoisotopic (exact) mass is 209 g/mol. The first kappa shape index (κ1) is 11.1. The molecule has 0 saturated carbocycles. The lowest BCUT2D eigenvalue weighted by molar-refractivity contribution is -0.142. The quantitative estimate of drug-likeness (QED) is 0.429. The average molecular weight is 209 g/mol. The van der Waals surface area contributed by atoms with Crippen molar-refractivity contribution in [2.45, 2.75) is 6.04 Å². The van der Waals surface area contributed by atoms with E-state index in [2.05, 4.69) is 9.73 Å². The van der Waals surface area contributed by atoms with E-state index in [1.165, 1.54) is 37.5 Å². The average Bonchev–Trinajstić information content (AvgIpc) is 2.26. The van der Waals surface area contributed by atoms with Crippen LogP contribution in [0.5, 0.6) is 0 Å². The van der Waals surface area contributed by atoms with Gasteiger partial charge in [-0.3, -0.25) is 0 Å². The van der Waals surface area contributed by atoms with Crippen LogP contribution in [-0.4, -0.2) is 19.2 Å². The third kappa shape index (κ3) is 2.72. The van der Waals surface area contributed by atoms with E-state index in [-0.39, 0.29) is 0 Å². The molecule has 1 aromatic rings. The molecular weight excluding hydrogens is 201 g/mol. The van der Waals surface area contributed by atoms with Crippen LogP contribution in [0.15, 0.2) is 29.3 Å². The second-order valence-corrected chi connectivity index (χ2v) is 2.70. The highest BCUT2D eigenvalue weighted by Crippen LogP contribution is 2.18. The lowest BCUT2D eigenvalue weighted by Crippen LogP contribution is -2.12. The molecule has 0 aromatic heterocycles. The van der Waals surface area contributed by atoms with Crippen LogP contribution in [0, 0.1) is 5.82 Å². The Labute approximate surface area is 85.4 Å². The van der Waals surface area contributed by atoms with Crippen LogP contribution < -0.4 is 0 Å². The van der Waals surface area contributed by atoms with Crippen LogP contribution in [0.25, 0.3) is 0 Å². The van der Waals surface area contributed by atoms with Crippen LogP contribution in [0.4, 0.5) is 4.39 Å². The van der Waals surface area contributed by atoms with Gasteiger partial charge in [-0.25, -0.2) is 14.0 Å². The first-order chi connectivity index (χ1) is 7.19. The second-order valence-electron chi connectivity index (χ2n) is 2.70. The van der Waals surface area contributed by atoms with Crippen molar-refractivity contribution >= 4 is 12.0 Å². The zero-order chi connectivity index (χ0) is 11.3.